The van der Waals surface area contributed by atoms with E-state index in [4.69, 9.17) is 0 Å². The van der Waals surface area contributed by atoms with Gasteiger partial charge in [-0.25, -0.2) is 0 Å². The summed E-state index contributed by atoms with van der Waals surface area (Å²) in [7, 11) is 0. The second-order valence-corrected chi connectivity index (χ2v) is 4.78. The van der Waals surface area contributed by atoms with Crippen LogP contribution in [0.1, 0.15) is 39.5 Å². The van der Waals surface area contributed by atoms with Gasteiger partial charge in [-0.1, -0.05) is 13.8 Å². The fourth-order valence-corrected chi connectivity index (χ4v) is 2.57. The summed E-state index contributed by atoms with van der Waals surface area (Å²) in [5.41, 5.74) is 0. The van der Waals surface area contributed by atoms with Crippen LogP contribution in [0.15, 0.2) is 0 Å². The van der Waals surface area contributed by atoms with Crippen molar-refractivity contribution in [1.82, 2.24) is 9.80 Å². The Kier molecular flexibility index (Phi) is 6.46. The van der Waals surface area contributed by atoms with Crippen LogP contribution in [-0.4, -0.2) is 48.9 Å². The van der Waals surface area contributed by atoms with Crippen LogP contribution >= 0.6 is 0 Å². The van der Waals surface area contributed by atoms with Crippen molar-refractivity contribution in [2.24, 2.45) is 5.92 Å². The smallest absolute Gasteiger partial charge is 0.209 e. The van der Waals surface area contributed by atoms with Gasteiger partial charge in [0.15, 0.2) is 0 Å². The summed E-state index contributed by atoms with van der Waals surface area (Å²) >= 11 is 0. The summed E-state index contributed by atoms with van der Waals surface area (Å²) in [5.74, 6) is 0.745. The van der Waals surface area contributed by atoms with E-state index in [1.807, 2.05) is 4.90 Å². The first-order valence-corrected chi connectivity index (χ1v) is 6.71. The molecule has 1 heterocycles. The average Bonchev–Trinajstić information content (AvgIpc) is 2.35. The molecule has 3 heteroatoms. The first kappa shape index (κ1) is 13.5. The lowest BCUT2D eigenvalue weighted by atomic mass is 9.93. The second-order valence-electron chi connectivity index (χ2n) is 4.78. The lowest BCUT2D eigenvalue weighted by molar-refractivity contribution is -0.119. The summed E-state index contributed by atoms with van der Waals surface area (Å²) in [6.07, 6.45) is 6.06. The maximum absolute atomic E-state index is 10.7. The minimum absolute atomic E-state index is 0.745. The fourth-order valence-electron chi connectivity index (χ4n) is 2.57. The van der Waals surface area contributed by atoms with Gasteiger partial charge < -0.3 is 9.80 Å². The molecule has 0 bridgehead atoms. The van der Waals surface area contributed by atoms with E-state index < -0.39 is 0 Å². The predicted molar refractivity (Wildman–Crippen MR) is 67.4 cm³/mol. The zero-order valence-electron chi connectivity index (χ0n) is 10.8. The third-order valence-corrected chi connectivity index (χ3v) is 3.68. The molecule has 0 aromatic heterocycles. The molecule has 0 N–H and O–H groups in total. The Morgan fingerprint density at radius 2 is 2.12 bits per heavy atom. The minimum atomic E-state index is 0.745. The molecule has 0 aliphatic carbocycles. The van der Waals surface area contributed by atoms with Crippen LogP contribution in [0.4, 0.5) is 0 Å². The molecule has 1 aliphatic rings. The molecule has 1 aliphatic heterocycles. The summed E-state index contributed by atoms with van der Waals surface area (Å²) < 4.78 is 0. The topological polar surface area (TPSA) is 23.6 Å². The molecule has 1 fully saturated rings. The maximum atomic E-state index is 10.7. The highest BCUT2D eigenvalue weighted by atomic mass is 16.1. The summed E-state index contributed by atoms with van der Waals surface area (Å²) in [6, 6.07) is 0. The van der Waals surface area contributed by atoms with Crippen molar-refractivity contribution in [1.29, 1.82) is 0 Å². The Labute approximate surface area is 99.8 Å². The van der Waals surface area contributed by atoms with Crippen LogP contribution in [0, 0.1) is 5.92 Å². The van der Waals surface area contributed by atoms with E-state index in [1.165, 1.54) is 32.2 Å². The highest BCUT2D eigenvalue weighted by Gasteiger charge is 2.18. The van der Waals surface area contributed by atoms with Crippen LogP contribution in [-0.2, 0) is 4.79 Å². The zero-order chi connectivity index (χ0) is 11.8. The van der Waals surface area contributed by atoms with E-state index in [-0.39, 0.29) is 0 Å². The highest BCUT2D eigenvalue weighted by molar-refractivity contribution is 5.47. The molecule has 0 spiro atoms. The predicted octanol–water partition coefficient (Wildman–Crippen LogP) is 1.98. The Balaban J connectivity index is 2.14. The lowest BCUT2D eigenvalue weighted by Crippen LogP contribution is -2.34. The Morgan fingerprint density at radius 1 is 1.38 bits per heavy atom. The summed E-state index contributed by atoms with van der Waals surface area (Å²) in [5, 5.41) is 0. The van der Waals surface area contributed by atoms with E-state index in [9.17, 15) is 4.79 Å². The van der Waals surface area contributed by atoms with E-state index in [1.54, 1.807) is 0 Å². The zero-order valence-corrected chi connectivity index (χ0v) is 10.8. The van der Waals surface area contributed by atoms with Gasteiger partial charge in [0.1, 0.15) is 0 Å². The number of hydrogen-bond donors (Lipinski definition) is 0. The monoisotopic (exact) mass is 226 g/mol. The molecule has 0 aromatic carbocycles. The van der Waals surface area contributed by atoms with Gasteiger partial charge in [0.25, 0.3) is 0 Å². The molecule has 1 amide bonds. The third-order valence-electron chi connectivity index (χ3n) is 3.68. The van der Waals surface area contributed by atoms with Crippen molar-refractivity contribution in [3.8, 4) is 0 Å². The molecule has 1 atom stereocenters. The number of rotatable bonds is 7. The number of amides is 1. The Bertz CT molecular complexity index is 192. The molecule has 94 valence electrons. The number of nitrogens with zero attached hydrogens (tertiary/aromatic N) is 2. The van der Waals surface area contributed by atoms with E-state index in [2.05, 4.69) is 18.7 Å². The summed E-state index contributed by atoms with van der Waals surface area (Å²) in [4.78, 5) is 15.1. The maximum Gasteiger partial charge on any atom is 0.209 e. The van der Waals surface area contributed by atoms with Crippen molar-refractivity contribution in [3.63, 3.8) is 0 Å². The van der Waals surface area contributed by atoms with Crippen LogP contribution in [0.2, 0.25) is 0 Å². The van der Waals surface area contributed by atoms with Crippen LogP contribution < -0.4 is 0 Å². The van der Waals surface area contributed by atoms with Gasteiger partial charge in [0.2, 0.25) is 6.41 Å². The molecule has 0 saturated carbocycles. The Morgan fingerprint density at radius 3 is 2.75 bits per heavy atom. The second kappa shape index (κ2) is 7.66. The van der Waals surface area contributed by atoms with Crippen LogP contribution in [0.3, 0.4) is 0 Å². The van der Waals surface area contributed by atoms with Crippen molar-refractivity contribution >= 4 is 6.41 Å². The Hall–Kier alpha value is -0.570. The largest absolute Gasteiger partial charge is 0.345 e. The van der Waals surface area contributed by atoms with Gasteiger partial charge in [-0.2, -0.15) is 0 Å². The van der Waals surface area contributed by atoms with E-state index >= 15 is 0 Å². The first-order chi connectivity index (χ1) is 7.80. The van der Waals surface area contributed by atoms with Crippen LogP contribution in [0.25, 0.3) is 0 Å². The van der Waals surface area contributed by atoms with Crippen molar-refractivity contribution in [2.45, 2.75) is 39.5 Å². The standard InChI is InChI=1S/C13H26N2O/c1-3-14(4-2)9-5-7-13-8-6-10-15(11-13)12-16/h12-13H,3-11H2,1-2H3. The molecule has 16 heavy (non-hydrogen) atoms. The SMILES string of the molecule is CCN(CC)CCCC1CCCN(C=O)C1. The van der Waals surface area contributed by atoms with Gasteiger partial charge in [-0.3, -0.25) is 4.79 Å². The van der Waals surface area contributed by atoms with Crippen molar-refractivity contribution in [2.75, 3.05) is 32.7 Å². The van der Waals surface area contributed by atoms with Gasteiger partial charge in [-0.15, -0.1) is 0 Å². The molecule has 0 radical (unpaired) electrons. The van der Waals surface area contributed by atoms with Crippen molar-refractivity contribution < 1.29 is 4.79 Å². The molecular weight excluding hydrogens is 200 g/mol. The number of hydrogen-bond acceptors (Lipinski definition) is 2. The lowest BCUT2D eigenvalue weighted by Gasteiger charge is -2.30. The van der Waals surface area contributed by atoms with Gasteiger partial charge in [0.05, 0.1) is 0 Å². The van der Waals surface area contributed by atoms with E-state index in [0.29, 0.717) is 0 Å². The number of piperidine rings is 1. The molecular formula is C13H26N2O. The van der Waals surface area contributed by atoms with Gasteiger partial charge >= 0.3 is 0 Å². The average molecular weight is 226 g/mol. The van der Waals surface area contributed by atoms with Crippen LogP contribution in [0.5, 0.6) is 0 Å². The quantitative estimate of drug-likeness (QED) is 0.620. The molecule has 1 rings (SSSR count). The fraction of sp³-hybridized carbons (Fsp3) is 0.923. The van der Waals surface area contributed by atoms with E-state index in [0.717, 1.165) is 38.5 Å². The first-order valence-electron chi connectivity index (χ1n) is 6.71. The molecule has 1 unspecified atom stereocenters. The molecule has 3 nitrogen and oxygen atoms in total. The third kappa shape index (κ3) is 4.52. The number of carbonyl (C=O) groups excluding carboxylic acids is 1. The van der Waals surface area contributed by atoms with Crippen molar-refractivity contribution in [3.05, 3.63) is 0 Å². The minimum Gasteiger partial charge on any atom is -0.345 e. The summed E-state index contributed by atoms with van der Waals surface area (Å²) in [6.45, 7) is 9.92. The number of likely N-dealkylation sites (tertiary alicyclic amines) is 1. The van der Waals surface area contributed by atoms with Gasteiger partial charge in [0, 0.05) is 13.1 Å². The number of carbonyl (C=O) groups is 1. The molecule has 0 aromatic rings. The molecule has 1 saturated heterocycles. The normalized spacial score (nSPS) is 21.4. The van der Waals surface area contributed by atoms with Gasteiger partial charge in [-0.05, 0) is 51.2 Å². The highest BCUT2D eigenvalue weighted by Crippen LogP contribution is 2.20.